The average Bonchev–Trinajstić information content (AvgIpc) is 2.70. The maximum atomic E-state index is 12.8. The first kappa shape index (κ1) is 21.1. The Morgan fingerprint density at radius 1 is 1.15 bits per heavy atom. The van der Waals surface area contributed by atoms with Crippen molar-refractivity contribution < 1.29 is 13.2 Å². The Kier molecular flexibility index (Phi) is 7.94. The Hall–Kier alpha value is -2.25. The minimum absolute atomic E-state index is 0.126. The molecule has 146 valence electrons. The Morgan fingerprint density at radius 2 is 1.89 bits per heavy atom. The highest BCUT2D eigenvalue weighted by Gasteiger charge is 2.21. The molecule has 2 rings (SSSR count). The molecule has 0 fully saturated rings. The number of hydrogen-bond donors (Lipinski definition) is 1. The third-order valence-electron chi connectivity index (χ3n) is 4.34. The fraction of sp³-hybridized carbons (Fsp3) is 0.400. The monoisotopic (exact) mass is 389 g/mol. The molecule has 1 aromatic heterocycles. The van der Waals surface area contributed by atoms with Crippen LogP contribution >= 0.6 is 0 Å². The number of pyridine rings is 1. The lowest BCUT2D eigenvalue weighted by molar-refractivity contribution is 0.0952. The molecule has 0 bridgehead atoms. The minimum Gasteiger partial charge on any atom is -0.352 e. The van der Waals surface area contributed by atoms with E-state index in [9.17, 15) is 13.2 Å². The van der Waals surface area contributed by atoms with Crippen molar-refractivity contribution in [3.63, 3.8) is 0 Å². The molecule has 0 atom stereocenters. The molecule has 0 aliphatic carbocycles. The number of carbonyl (C=O) groups is 1. The molecule has 0 saturated carbocycles. The number of unbranched alkanes of at least 4 members (excludes halogenated alkanes) is 2. The molecule has 1 aromatic carbocycles. The predicted molar refractivity (Wildman–Crippen MR) is 106 cm³/mol. The van der Waals surface area contributed by atoms with E-state index in [1.807, 2.05) is 12.1 Å². The molecule has 0 saturated heterocycles. The standard InChI is InChI=1S/C20H27N3O3S/c1-3-4-5-12-22-20(24)18-7-6-8-19(16-18)27(25,26)23(2)15-11-17-9-13-21-14-10-17/h6-10,13-14,16H,3-5,11-12,15H2,1-2H3,(H,22,24). The number of sulfonamides is 1. The molecule has 0 aliphatic heterocycles. The second-order valence-electron chi connectivity index (χ2n) is 6.42. The number of rotatable bonds is 10. The van der Waals surface area contributed by atoms with Crippen molar-refractivity contribution in [3.8, 4) is 0 Å². The number of benzene rings is 1. The molecular weight excluding hydrogens is 362 g/mol. The Labute approximate surface area is 161 Å². The second kappa shape index (κ2) is 10.2. The molecule has 0 aliphatic rings. The van der Waals surface area contributed by atoms with Gasteiger partial charge in [-0.2, -0.15) is 0 Å². The van der Waals surface area contributed by atoms with Gasteiger partial charge in [0.1, 0.15) is 0 Å². The van der Waals surface area contributed by atoms with Crippen LogP contribution in [-0.4, -0.2) is 43.8 Å². The normalized spacial score (nSPS) is 11.5. The van der Waals surface area contributed by atoms with Gasteiger partial charge in [-0.15, -0.1) is 0 Å². The lowest BCUT2D eigenvalue weighted by Crippen LogP contribution is -2.29. The summed E-state index contributed by atoms with van der Waals surface area (Å²) in [4.78, 5) is 16.3. The molecule has 27 heavy (non-hydrogen) atoms. The fourth-order valence-corrected chi connectivity index (χ4v) is 3.83. The van der Waals surface area contributed by atoms with Gasteiger partial charge in [-0.05, 0) is 48.7 Å². The van der Waals surface area contributed by atoms with Crippen molar-refractivity contribution in [3.05, 3.63) is 59.9 Å². The zero-order valence-electron chi connectivity index (χ0n) is 15.9. The molecule has 0 radical (unpaired) electrons. The zero-order chi connectivity index (χ0) is 19.7. The molecular formula is C20H27N3O3S. The van der Waals surface area contributed by atoms with E-state index in [1.165, 1.54) is 16.4 Å². The molecule has 1 amide bonds. The van der Waals surface area contributed by atoms with Crippen molar-refractivity contribution in [2.45, 2.75) is 37.5 Å². The molecule has 7 heteroatoms. The van der Waals surface area contributed by atoms with E-state index < -0.39 is 10.0 Å². The lowest BCUT2D eigenvalue weighted by Gasteiger charge is -2.17. The minimum atomic E-state index is -3.66. The summed E-state index contributed by atoms with van der Waals surface area (Å²) in [6.07, 6.45) is 7.01. The predicted octanol–water partition coefficient (Wildman–Crippen LogP) is 2.86. The molecule has 1 heterocycles. The fourth-order valence-electron chi connectivity index (χ4n) is 2.61. The maximum absolute atomic E-state index is 12.8. The van der Waals surface area contributed by atoms with Gasteiger partial charge in [0.05, 0.1) is 4.90 Å². The first-order valence-corrected chi connectivity index (χ1v) is 10.6. The van der Waals surface area contributed by atoms with E-state index in [0.29, 0.717) is 25.1 Å². The van der Waals surface area contributed by atoms with Crippen LogP contribution in [-0.2, 0) is 16.4 Å². The van der Waals surface area contributed by atoms with Gasteiger partial charge in [0.15, 0.2) is 0 Å². The van der Waals surface area contributed by atoms with Crippen LogP contribution in [0.1, 0.15) is 42.1 Å². The first-order valence-electron chi connectivity index (χ1n) is 9.18. The molecule has 2 aromatic rings. The van der Waals surface area contributed by atoms with Crippen LogP contribution in [0.4, 0.5) is 0 Å². The largest absolute Gasteiger partial charge is 0.352 e. The van der Waals surface area contributed by atoms with Crippen molar-refractivity contribution in [1.29, 1.82) is 0 Å². The van der Waals surface area contributed by atoms with Gasteiger partial charge in [-0.25, -0.2) is 12.7 Å². The highest BCUT2D eigenvalue weighted by molar-refractivity contribution is 7.89. The highest BCUT2D eigenvalue weighted by atomic mass is 32.2. The molecule has 1 N–H and O–H groups in total. The molecule has 0 unspecified atom stereocenters. The van der Waals surface area contributed by atoms with Crippen molar-refractivity contribution in [1.82, 2.24) is 14.6 Å². The number of carbonyl (C=O) groups excluding carboxylic acids is 1. The van der Waals surface area contributed by atoms with Gasteiger partial charge in [-0.3, -0.25) is 9.78 Å². The van der Waals surface area contributed by atoms with Gasteiger partial charge in [0, 0.05) is 38.1 Å². The van der Waals surface area contributed by atoms with Gasteiger partial charge < -0.3 is 5.32 Å². The quantitative estimate of drug-likeness (QED) is 0.634. The van der Waals surface area contributed by atoms with Gasteiger partial charge in [0.2, 0.25) is 10.0 Å². The summed E-state index contributed by atoms with van der Waals surface area (Å²) in [7, 11) is -2.11. The highest BCUT2D eigenvalue weighted by Crippen LogP contribution is 2.16. The van der Waals surface area contributed by atoms with E-state index in [-0.39, 0.29) is 10.8 Å². The van der Waals surface area contributed by atoms with Crippen LogP contribution in [0.3, 0.4) is 0 Å². The summed E-state index contributed by atoms with van der Waals surface area (Å²) in [6.45, 7) is 3.04. The summed E-state index contributed by atoms with van der Waals surface area (Å²) in [6, 6.07) is 9.92. The van der Waals surface area contributed by atoms with Crippen LogP contribution in [0.2, 0.25) is 0 Å². The van der Waals surface area contributed by atoms with Crippen LogP contribution in [0.25, 0.3) is 0 Å². The summed E-state index contributed by atoms with van der Waals surface area (Å²) in [5.74, 6) is -0.248. The summed E-state index contributed by atoms with van der Waals surface area (Å²) < 4.78 is 26.9. The first-order chi connectivity index (χ1) is 12.9. The van der Waals surface area contributed by atoms with Gasteiger partial charge in [-0.1, -0.05) is 25.8 Å². The molecule has 6 nitrogen and oxygen atoms in total. The Balaban J connectivity index is 2.03. The number of nitrogens with zero attached hydrogens (tertiary/aromatic N) is 2. The van der Waals surface area contributed by atoms with E-state index in [0.717, 1.165) is 24.8 Å². The van der Waals surface area contributed by atoms with Crippen molar-refractivity contribution >= 4 is 15.9 Å². The van der Waals surface area contributed by atoms with Crippen molar-refractivity contribution in [2.24, 2.45) is 0 Å². The number of amides is 1. The summed E-state index contributed by atoms with van der Waals surface area (Å²) >= 11 is 0. The van der Waals surface area contributed by atoms with Crippen LogP contribution in [0.5, 0.6) is 0 Å². The topological polar surface area (TPSA) is 79.4 Å². The van der Waals surface area contributed by atoms with Gasteiger partial charge in [0.25, 0.3) is 5.91 Å². The summed E-state index contributed by atoms with van der Waals surface area (Å²) in [5, 5.41) is 2.84. The average molecular weight is 390 g/mol. The van der Waals surface area contributed by atoms with Gasteiger partial charge >= 0.3 is 0 Å². The second-order valence-corrected chi connectivity index (χ2v) is 8.47. The van der Waals surface area contributed by atoms with Crippen LogP contribution in [0, 0.1) is 0 Å². The SMILES string of the molecule is CCCCCNC(=O)c1cccc(S(=O)(=O)N(C)CCc2ccncc2)c1. The third kappa shape index (κ3) is 6.15. The van der Waals surface area contributed by atoms with E-state index >= 15 is 0 Å². The number of likely N-dealkylation sites (N-methyl/N-ethyl adjacent to an activating group) is 1. The maximum Gasteiger partial charge on any atom is 0.251 e. The lowest BCUT2D eigenvalue weighted by atomic mass is 10.2. The number of nitrogens with one attached hydrogen (secondary N) is 1. The summed E-state index contributed by atoms with van der Waals surface area (Å²) in [5.41, 5.74) is 1.38. The Morgan fingerprint density at radius 3 is 2.59 bits per heavy atom. The van der Waals surface area contributed by atoms with Crippen LogP contribution < -0.4 is 5.32 Å². The van der Waals surface area contributed by atoms with E-state index in [1.54, 1.807) is 31.6 Å². The van der Waals surface area contributed by atoms with E-state index in [2.05, 4.69) is 17.2 Å². The number of hydrogen-bond acceptors (Lipinski definition) is 4. The Bertz CT molecular complexity index is 839. The van der Waals surface area contributed by atoms with Crippen LogP contribution in [0.15, 0.2) is 53.7 Å². The van der Waals surface area contributed by atoms with Crippen molar-refractivity contribution in [2.75, 3.05) is 20.1 Å². The smallest absolute Gasteiger partial charge is 0.251 e. The van der Waals surface area contributed by atoms with E-state index in [4.69, 9.17) is 0 Å². The number of aromatic nitrogens is 1. The molecule has 0 spiro atoms. The zero-order valence-corrected chi connectivity index (χ0v) is 16.7. The third-order valence-corrected chi connectivity index (χ3v) is 6.19.